The summed E-state index contributed by atoms with van der Waals surface area (Å²) in [6.07, 6.45) is -0.794. The quantitative estimate of drug-likeness (QED) is 0.824. The molecule has 0 fully saturated rings. The topological polar surface area (TPSA) is 80.7 Å². The maximum atomic E-state index is 13.3. The summed E-state index contributed by atoms with van der Waals surface area (Å²) in [6, 6.07) is 2.94. The maximum absolute atomic E-state index is 13.3. The predicted molar refractivity (Wildman–Crippen MR) is 61.1 cm³/mol. The van der Waals surface area contributed by atoms with E-state index in [4.69, 9.17) is 0 Å². The standard InChI is InChI=1S/C11H13FO5S/c1-3-17-11(14)10(13)7-4-5-8(12)9(6-7)18(2,15)16/h4-6,10,13H,3H2,1-2H3. The van der Waals surface area contributed by atoms with Gasteiger partial charge in [0, 0.05) is 6.26 Å². The van der Waals surface area contributed by atoms with E-state index in [0.717, 1.165) is 24.5 Å². The molecule has 1 rings (SSSR count). The van der Waals surface area contributed by atoms with Crippen LogP contribution in [0, 0.1) is 5.82 Å². The number of hydrogen-bond donors (Lipinski definition) is 1. The monoisotopic (exact) mass is 276 g/mol. The van der Waals surface area contributed by atoms with Gasteiger partial charge in [-0.1, -0.05) is 6.07 Å². The first-order valence-corrected chi connectivity index (χ1v) is 7.00. The summed E-state index contributed by atoms with van der Waals surface area (Å²) in [5, 5.41) is 9.61. The molecule has 0 bridgehead atoms. The fraction of sp³-hybridized carbons (Fsp3) is 0.364. The van der Waals surface area contributed by atoms with Crippen molar-refractivity contribution in [3.8, 4) is 0 Å². The first kappa shape index (κ1) is 14.6. The zero-order chi connectivity index (χ0) is 13.9. The largest absolute Gasteiger partial charge is 0.464 e. The number of aliphatic hydroxyl groups is 1. The molecule has 0 amide bonds. The molecule has 1 aromatic carbocycles. The Morgan fingerprint density at radius 3 is 2.61 bits per heavy atom. The number of halogens is 1. The highest BCUT2D eigenvalue weighted by atomic mass is 32.2. The number of rotatable bonds is 4. The molecule has 0 aromatic heterocycles. The minimum atomic E-state index is -3.77. The maximum Gasteiger partial charge on any atom is 0.339 e. The van der Waals surface area contributed by atoms with E-state index in [-0.39, 0.29) is 12.2 Å². The van der Waals surface area contributed by atoms with E-state index in [9.17, 15) is 22.7 Å². The lowest BCUT2D eigenvalue weighted by molar-refractivity contribution is -0.153. The van der Waals surface area contributed by atoms with Gasteiger partial charge in [0.05, 0.1) is 6.61 Å². The van der Waals surface area contributed by atoms with Crippen molar-refractivity contribution < 1.29 is 27.4 Å². The van der Waals surface area contributed by atoms with Crippen LogP contribution in [0.25, 0.3) is 0 Å². The molecule has 100 valence electrons. The Kier molecular flexibility index (Phi) is 4.42. The molecule has 0 aliphatic heterocycles. The number of carbonyl (C=O) groups is 1. The van der Waals surface area contributed by atoms with Crippen LogP contribution < -0.4 is 0 Å². The van der Waals surface area contributed by atoms with E-state index in [2.05, 4.69) is 4.74 Å². The Morgan fingerprint density at radius 2 is 2.11 bits per heavy atom. The highest BCUT2D eigenvalue weighted by molar-refractivity contribution is 7.90. The second-order valence-corrected chi connectivity index (χ2v) is 5.60. The van der Waals surface area contributed by atoms with Gasteiger partial charge in [-0.25, -0.2) is 17.6 Å². The summed E-state index contributed by atoms with van der Waals surface area (Å²) in [6.45, 7) is 1.65. The molecular weight excluding hydrogens is 263 g/mol. The van der Waals surface area contributed by atoms with Crippen molar-refractivity contribution >= 4 is 15.8 Å². The van der Waals surface area contributed by atoms with Gasteiger partial charge >= 0.3 is 5.97 Å². The van der Waals surface area contributed by atoms with Crippen molar-refractivity contribution in [2.45, 2.75) is 17.9 Å². The van der Waals surface area contributed by atoms with Gasteiger partial charge in [-0.15, -0.1) is 0 Å². The van der Waals surface area contributed by atoms with Crippen molar-refractivity contribution in [1.82, 2.24) is 0 Å². The summed E-state index contributed by atoms with van der Waals surface area (Å²) in [7, 11) is -3.77. The van der Waals surface area contributed by atoms with E-state index in [1.807, 2.05) is 0 Å². The van der Waals surface area contributed by atoms with Gasteiger partial charge in [0.2, 0.25) is 0 Å². The molecular formula is C11H13FO5S. The van der Waals surface area contributed by atoms with E-state index in [1.165, 1.54) is 0 Å². The number of carbonyl (C=O) groups excluding carboxylic acids is 1. The molecule has 1 aromatic rings. The average molecular weight is 276 g/mol. The second-order valence-electron chi connectivity index (χ2n) is 3.62. The van der Waals surface area contributed by atoms with Crippen LogP contribution in [-0.2, 0) is 19.4 Å². The molecule has 7 heteroatoms. The van der Waals surface area contributed by atoms with E-state index < -0.39 is 32.6 Å². The Bertz CT molecular complexity index is 553. The highest BCUT2D eigenvalue weighted by Gasteiger charge is 2.22. The lowest BCUT2D eigenvalue weighted by Crippen LogP contribution is -2.16. The van der Waals surface area contributed by atoms with Gasteiger partial charge < -0.3 is 9.84 Å². The van der Waals surface area contributed by atoms with Crippen molar-refractivity contribution in [3.63, 3.8) is 0 Å². The molecule has 0 aliphatic rings. The molecule has 0 heterocycles. The molecule has 0 radical (unpaired) electrons. The Hall–Kier alpha value is -1.47. The van der Waals surface area contributed by atoms with E-state index >= 15 is 0 Å². The molecule has 0 spiro atoms. The number of benzene rings is 1. The number of ether oxygens (including phenoxy) is 1. The molecule has 0 saturated heterocycles. The van der Waals surface area contributed by atoms with Crippen LogP contribution in [0.5, 0.6) is 0 Å². The van der Waals surface area contributed by atoms with E-state index in [0.29, 0.717) is 0 Å². The van der Waals surface area contributed by atoms with Gasteiger partial charge in [0.1, 0.15) is 10.7 Å². The number of esters is 1. The number of sulfone groups is 1. The zero-order valence-corrected chi connectivity index (χ0v) is 10.7. The van der Waals surface area contributed by atoms with Gasteiger partial charge in [0.25, 0.3) is 0 Å². The molecule has 1 N–H and O–H groups in total. The Labute approximate surface area is 104 Å². The predicted octanol–water partition coefficient (Wildman–Crippen LogP) is 0.826. The fourth-order valence-electron chi connectivity index (χ4n) is 1.33. The summed E-state index contributed by atoms with van der Waals surface area (Å²) in [5.74, 6) is -1.85. The van der Waals surface area contributed by atoms with Crippen molar-refractivity contribution in [2.75, 3.05) is 12.9 Å². The van der Waals surface area contributed by atoms with Crippen LogP contribution in [0.2, 0.25) is 0 Å². The summed E-state index contributed by atoms with van der Waals surface area (Å²) in [5.41, 5.74) is -0.0322. The summed E-state index contributed by atoms with van der Waals surface area (Å²) < 4.78 is 40.5. The zero-order valence-electron chi connectivity index (χ0n) is 9.88. The SMILES string of the molecule is CCOC(=O)C(O)c1ccc(F)c(S(C)(=O)=O)c1. The molecule has 18 heavy (non-hydrogen) atoms. The smallest absolute Gasteiger partial charge is 0.339 e. The molecule has 1 atom stereocenters. The minimum absolute atomic E-state index is 0.0322. The minimum Gasteiger partial charge on any atom is -0.464 e. The van der Waals surface area contributed by atoms with Crippen LogP contribution >= 0.6 is 0 Å². The van der Waals surface area contributed by atoms with Crippen molar-refractivity contribution in [1.29, 1.82) is 0 Å². The average Bonchev–Trinajstić information content (AvgIpc) is 2.27. The lowest BCUT2D eigenvalue weighted by atomic mass is 10.1. The molecule has 0 aliphatic carbocycles. The van der Waals surface area contributed by atoms with Gasteiger partial charge in [0.15, 0.2) is 15.9 Å². The van der Waals surface area contributed by atoms with Crippen molar-refractivity contribution in [2.24, 2.45) is 0 Å². The van der Waals surface area contributed by atoms with Gasteiger partial charge in [-0.3, -0.25) is 0 Å². The molecule has 0 saturated carbocycles. The van der Waals surface area contributed by atoms with Crippen molar-refractivity contribution in [3.05, 3.63) is 29.6 Å². The van der Waals surface area contributed by atoms with E-state index in [1.54, 1.807) is 6.92 Å². The summed E-state index contributed by atoms with van der Waals surface area (Å²) in [4.78, 5) is 10.7. The molecule has 5 nitrogen and oxygen atoms in total. The van der Waals surface area contributed by atoms with Crippen LogP contribution in [0.3, 0.4) is 0 Å². The first-order chi connectivity index (χ1) is 8.27. The van der Waals surface area contributed by atoms with Gasteiger partial charge in [-0.2, -0.15) is 0 Å². The fourth-order valence-corrected chi connectivity index (χ4v) is 2.10. The third kappa shape index (κ3) is 3.27. The van der Waals surface area contributed by atoms with Crippen LogP contribution in [-0.4, -0.2) is 32.4 Å². The normalized spacial score (nSPS) is 13.1. The van der Waals surface area contributed by atoms with Gasteiger partial charge in [-0.05, 0) is 24.6 Å². The number of aliphatic hydroxyl groups excluding tert-OH is 1. The first-order valence-electron chi connectivity index (χ1n) is 5.11. The number of hydrogen-bond acceptors (Lipinski definition) is 5. The molecule has 1 unspecified atom stereocenters. The lowest BCUT2D eigenvalue weighted by Gasteiger charge is -2.11. The highest BCUT2D eigenvalue weighted by Crippen LogP contribution is 2.21. The second kappa shape index (κ2) is 5.45. The van der Waals surface area contributed by atoms with Crippen LogP contribution in [0.1, 0.15) is 18.6 Å². The third-order valence-corrected chi connectivity index (χ3v) is 3.29. The summed E-state index contributed by atoms with van der Waals surface area (Å²) >= 11 is 0. The Morgan fingerprint density at radius 1 is 1.50 bits per heavy atom. The van der Waals surface area contributed by atoms with Crippen LogP contribution in [0.15, 0.2) is 23.1 Å². The van der Waals surface area contributed by atoms with Crippen LogP contribution in [0.4, 0.5) is 4.39 Å². The Balaban J connectivity index is 3.17. The third-order valence-electron chi connectivity index (χ3n) is 2.18.